The molecule has 1 aliphatic rings. The number of rotatable bonds is 5. The Hall–Kier alpha value is -2.47. The average molecular weight is 404 g/mol. The third kappa shape index (κ3) is 3.86. The summed E-state index contributed by atoms with van der Waals surface area (Å²) in [7, 11) is 0. The van der Waals surface area contributed by atoms with Gasteiger partial charge in [0.1, 0.15) is 5.82 Å². The zero-order chi connectivity index (χ0) is 19.6. The van der Waals surface area contributed by atoms with Crippen LogP contribution in [0.3, 0.4) is 0 Å². The third-order valence-corrected chi connectivity index (χ3v) is 6.85. The minimum atomic E-state index is -0.397. The number of fused-ring (bicyclic) bond motifs is 2. The van der Waals surface area contributed by atoms with Gasteiger partial charge in [-0.05, 0) is 47.0 Å². The maximum absolute atomic E-state index is 10.7. The first-order chi connectivity index (χ1) is 14.3. The molecular formula is C24H25N3OS. The molecule has 2 aromatic heterocycles. The number of thiophene rings is 1. The Balaban J connectivity index is 1.17. The summed E-state index contributed by atoms with van der Waals surface area (Å²) < 4.78 is 1.25. The van der Waals surface area contributed by atoms with Crippen LogP contribution >= 0.6 is 11.3 Å². The second-order valence-electron chi connectivity index (χ2n) is 7.68. The Kier molecular flexibility index (Phi) is 5.19. The van der Waals surface area contributed by atoms with Crippen LogP contribution in [0.2, 0.25) is 0 Å². The molecule has 0 amide bonds. The predicted molar refractivity (Wildman–Crippen MR) is 122 cm³/mol. The zero-order valence-electron chi connectivity index (χ0n) is 16.4. The number of aliphatic hydroxyl groups excluding tert-OH is 1. The fourth-order valence-electron chi connectivity index (χ4n) is 4.15. The van der Waals surface area contributed by atoms with E-state index in [1.54, 1.807) is 11.3 Å². The molecule has 4 aromatic rings. The molecule has 0 radical (unpaired) electrons. The Morgan fingerprint density at radius 3 is 2.62 bits per heavy atom. The maximum atomic E-state index is 10.7. The minimum absolute atomic E-state index is 0.397. The first kappa shape index (κ1) is 18.6. The highest BCUT2D eigenvalue weighted by molar-refractivity contribution is 7.17. The number of hydrogen-bond acceptors (Lipinski definition) is 5. The van der Waals surface area contributed by atoms with E-state index in [0.717, 1.165) is 56.0 Å². The molecule has 1 atom stereocenters. The number of para-hydroxylation sites is 1. The van der Waals surface area contributed by atoms with E-state index in [1.807, 2.05) is 12.1 Å². The van der Waals surface area contributed by atoms with Crippen molar-refractivity contribution >= 4 is 38.1 Å². The van der Waals surface area contributed by atoms with Gasteiger partial charge in [0.2, 0.25) is 0 Å². The Bertz CT molecular complexity index is 1120. The summed E-state index contributed by atoms with van der Waals surface area (Å²) in [4.78, 5) is 9.65. The average Bonchev–Trinajstić information content (AvgIpc) is 3.22. The fourth-order valence-corrected chi connectivity index (χ4v) is 5.16. The molecule has 1 saturated heterocycles. The minimum Gasteiger partial charge on any atom is -0.388 e. The van der Waals surface area contributed by atoms with Gasteiger partial charge in [-0.25, -0.2) is 4.98 Å². The number of benzene rings is 2. The summed E-state index contributed by atoms with van der Waals surface area (Å²) >= 11 is 1.72. The number of piperazine rings is 1. The van der Waals surface area contributed by atoms with E-state index in [0.29, 0.717) is 0 Å². The van der Waals surface area contributed by atoms with E-state index in [1.165, 1.54) is 15.5 Å². The molecule has 1 fully saturated rings. The van der Waals surface area contributed by atoms with Crippen molar-refractivity contribution in [3.8, 4) is 0 Å². The van der Waals surface area contributed by atoms with Crippen LogP contribution in [-0.4, -0.2) is 47.7 Å². The summed E-state index contributed by atoms with van der Waals surface area (Å²) in [6.45, 7) is 4.88. The third-order valence-electron chi connectivity index (χ3n) is 5.87. The fraction of sp³-hybridized carbons (Fsp3) is 0.292. The first-order valence-corrected chi connectivity index (χ1v) is 11.1. The van der Waals surface area contributed by atoms with Crippen LogP contribution < -0.4 is 4.90 Å². The molecule has 5 rings (SSSR count). The van der Waals surface area contributed by atoms with Crippen molar-refractivity contribution < 1.29 is 5.11 Å². The largest absolute Gasteiger partial charge is 0.388 e. The SMILES string of the molecule is OC(CCN1CCN(c2ccc3ccccc3n2)CC1)c1csc2ccccc12. The highest BCUT2D eigenvalue weighted by atomic mass is 32.1. The molecule has 29 heavy (non-hydrogen) atoms. The van der Waals surface area contributed by atoms with Crippen LogP contribution in [0.15, 0.2) is 66.0 Å². The second kappa shape index (κ2) is 8.11. The Morgan fingerprint density at radius 2 is 1.72 bits per heavy atom. The van der Waals surface area contributed by atoms with Gasteiger partial charge in [0.25, 0.3) is 0 Å². The normalized spacial score (nSPS) is 16.5. The van der Waals surface area contributed by atoms with Crippen LogP contribution in [0.4, 0.5) is 5.82 Å². The molecule has 0 saturated carbocycles. The van der Waals surface area contributed by atoms with Gasteiger partial charge in [-0.15, -0.1) is 11.3 Å². The van der Waals surface area contributed by atoms with Gasteiger partial charge in [-0.1, -0.05) is 36.4 Å². The quantitative estimate of drug-likeness (QED) is 0.525. The molecule has 0 spiro atoms. The lowest BCUT2D eigenvalue weighted by atomic mass is 10.1. The van der Waals surface area contributed by atoms with Gasteiger partial charge in [-0.2, -0.15) is 0 Å². The van der Waals surface area contributed by atoms with Gasteiger partial charge in [0.05, 0.1) is 11.6 Å². The number of nitrogens with zero attached hydrogens (tertiary/aromatic N) is 3. The number of aromatic nitrogens is 1. The van der Waals surface area contributed by atoms with Gasteiger partial charge in [0.15, 0.2) is 0 Å². The van der Waals surface area contributed by atoms with E-state index in [9.17, 15) is 5.11 Å². The molecule has 148 valence electrons. The lowest BCUT2D eigenvalue weighted by Gasteiger charge is -2.35. The van der Waals surface area contributed by atoms with Crippen LogP contribution in [0.5, 0.6) is 0 Å². The van der Waals surface area contributed by atoms with Crippen molar-refractivity contribution in [2.45, 2.75) is 12.5 Å². The summed E-state index contributed by atoms with van der Waals surface area (Å²) in [6.07, 6.45) is 0.376. The van der Waals surface area contributed by atoms with E-state index >= 15 is 0 Å². The molecule has 1 unspecified atom stereocenters. The van der Waals surface area contributed by atoms with E-state index < -0.39 is 6.10 Å². The first-order valence-electron chi connectivity index (χ1n) is 10.3. The van der Waals surface area contributed by atoms with Crippen LogP contribution in [0.25, 0.3) is 21.0 Å². The van der Waals surface area contributed by atoms with Crippen LogP contribution in [0.1, 0.15) is 18.1 Å². The van der Waals surface area contributed by atoms with Crippen molar-refractivity contribution in [3.63, 3.8) is 0 Å². The molecule has 2 aromatic carbocycles. The summed E-state index contributed by atoms with van der Waals surface area (Å²) in [5.41, 5.74) is 2.13. The molecule has 3 heterocycles. The van der Waals surface area contributed by atoms with Crippen LogP contribution in [0, 0.1) is 0 Å². The monoisotopic (exact) mass is 403 g/mol. The Morgan fingerprint density at radius 1 is 0.931 bits per heavy atom. The lowest BCUT2D eigenvalue weighted by molar-refractivity contribution is 0.141. The van der Waals surface area contributed by atoms with E-state index in [2.05, 4.69) is 63.7 Å². The maximum Gasteiger partial charge on any atom is 0.129 e. The molecule has 4 nitrogen and oxygen atoms in total. The number of anilines is 1. The summed E-state index contributed by atoms with van der Waals surface area (Å²) in [5.74, 6) is 1.06. The van der Waals surface area contributed by atoms with Crippen molar-refractivity contribution in [2.24, 2.45) is 0 Å². The number of pyridine rings is 1. The van der Waals surface area contributed by atoms with E-state index in [-0.39, 0.29) is 0 Å². The number of hydrogen-bond donors (Lipinski definition) is 1. The molecule has 5 heteroatoms. The predicted octanol–water partition coefficient (Wildman–Crippen LogP) is 4.70. The second-order valence-corrected chi connectivity index (χ2v) is 8.59. The van der Waals surface area contributed by atoms with Gasteiger partial charge in [0, 0.05) is 42.8 Å². The summed E-state index contributed by atoms with van der Waals surface area (Å²) in [6, 6.07) is 20.9. The Labute approximate surface area is 175 Å². The summed E-state index contributed by atoms with van der Waals surface area (Å²) in [5, 5.41) is 15.2. The number of aliphatic hydroxyl groups is 1. The highest BCUT2D eigenvalue weighted by Gasteiger charge is 2.20. The lowest BCUT2D eigenvalue weighted by Crippen LogP contribution is -2.47. The molecule has 0 bridgehead atoms. The van der Waals surface area contributed by atoms with Gasteiger partial charge < -0.3 is 10.0 Å². The van der Waals surface area contributed by atoms with Crippen molar-refractivity contribution in [1.82, 2.24) is 9.88 Å². The van der Waals surface area contributed by atoms with E-state index in [4.69, 9.17) is 4.98 Å². The zero-order valence-corrected chi connectivity index (χ0v) is 17.2. The van der Waals surface area contributed by atoms with Crippen molar-refractivity contribution in [1.29, 1.82) is 0 Å². The van der Waals surface area contributed by atoms with Crippen LogP contribution in [-0.2, 0) is 0 Å². The smallest absolute Gasteiger partial charge is 0.129 e. The van der Waals surface area contributed by atoms with Gasteiger partial charge >= 0.3 is 0 Å². The molecular weight excluding hydrogens is 378 g/mol. The molecule has 1 aliphatic heterocycles. The molecule has 0 aliphatic carbocycles. The molecule has 1 N–H and O–H groups in total. The van der Waals surface area contributed by atoms with Crippen molar-refractivity contribution in [3.05, 3.63) is 71.6 Å². The van der Waals surface area contributed by atoms with Gasteiger partial charge in [-0.3, -0.25) is 4.90 Å². The standard InChI is InChI=1S/C24H25N3OS/c28-22(20-17-29-23-8-4-2-6-19(20)23)11-12-26-13-15-27(16-14-26)24-10-9-18-5-1-3-7-21(18)25-24/h1-10,17,22,28H,11-16H2. The highest BCUT2D eigenvalue weighted by Crippen LogP contribution is 2.31. The topological polar surface area (TPSA) is 39.6 Å². The van der Waals surface area contributed by atoms with Crippen molar-refractivity contribution in [2.75, 3.05) is 37.6 Å².